The second-order valence-corrected chi connectivity index (χ2v) is 6.47. The molecule has 1 atom stereocenters. The average Bonchev–Trinajstić information content (AvgIpc) is 2.22. The molecule has 0 aliphatic rings. The van der Waals surface area contributed by atoms with Gasteiger partial charge in [0.1, 0.15) is 5.82 Å². The summed E-state index contributed by atoms with van der Waals surface area (Å²) >= 11 is 2.96. The lowest BCUT2D eigenvalue weighted by atomic mass is 9.78. The van der Waals surface area contributed by atoms with Crippen molar-refractivity contribution in [1.82, 2.24) is 0 Å². The number of benzene rings is 1. The second kappa shape index (κ2) is 5.47. The van der Waals surface area contributed by atoms with Crippen LogP contribution in [0.15, 0.2) is 16.6 Å². The molecule has 0 aliphatic heterocycles. The minimum Gasteiger partial charge on any atom is -0.294 e. The van der Waals surface area contributed by atoms with Gasteiger partial charge in [0.05, 0.1) is 10.0 Å². The monoisotopic (exact) mass is 318 g/mol. The smallest absolute Gasteiger partial charge is 0.169 e. The number of rotatable bonds is 3. The molecule has 0 radical (unpaired) electrons. The fraction of sp³-hybridized carbons (Fsp3) is 0.500. The highest BCUT2D eigenvalue weighted by Gasteiger charge is 2.26. The molecular weight excluding hydrogens is 302 g/mol. The first-order chi connectivity index (χ1) is 8.14. The van der Waals surface area contributed by atoms with Crippen LogP contribution in [-0.2, 0) is 0 Å². The van der Waals surface area contributed by atoms with Gasteiger partial charge in [0.2, 0.25) is 0 Å². The van der Waals surface area contributed by atoms with E-state index in [0.717, 1.165) is 6.07 Å². The molecule has 0 heterocycles. The van der Waals surface area contributed by atoms with Crippen molar-refractivity contribution in [2.45, 2.75) is 34.1 Å². The molecule has 0 aliphatic carbocycles. The van der Waals surface area contributed by atoms with Crippen molar-refractivity contribution in [2.75, 3.05) is 0 Å². The lowest BCUT2D eigenvalue weighted by Crippen LogP contribution is -2.21. The van der Waals surface area contributed by atoms with E-state index in [0.29, 0.717) is 0 Å². The minimum absolute atomic E-state index is 0.0442. The van der Waals surface area contributed by atoms with E-state index in [1.807, 2.05) is 27.7 Å². The highest BCUT2D eigenvalue weighted by molar-refractivity contribution is 9.10. The summed E-state index contributed by atoms with van der Waals surface area (Å²) in [5, 5.41) is 0. The van der Waals surface area contributed by atoms with Crippen molar-refractivity contribution in [1.29, 1.82) is 0 Å². The Bertz CT molecular complexity index is 464. The fourth-order valence-corrected chi connectivity index (χ4v) is 1.80. The molecule has 0 bridgehead atoms. The van der Waals surface area contributed by atoms with Crippen LogP contribution in [0, 0.1) is 23.0 Å². The number of carbonyl (C=O) groups is 1. The third-order valence-electron chi connectivity index (χ3n) is 3.29. The standard InChI is InChI=1S/C14H17BrF2O/c1-8(14(2,3)4)7-11(18)12-10(16)6-5-9(15)13(12)17/h5-6,8H,7H2,1-4H3. The number of hydrogen-bond donors (Lipinski definition) is 0. The molecule has 0 N–H and O–H groups in total. The molecule has 0 saturated carbocycles. The Morgan fingerprint density at radius 1 is 1.33 bits per heavy atom. The molecule has 100 valence electrons. The van der Waals surface area contributed by atoms with Gasteiger partial charge in [-0.15, -0.1) is 0 Å². The maximum Gasteiger partial charge on any atom is 0.169 e. The number of hydrogen-bond acceptors (Lipinski definition) is 1. The van der Waals surface area contributed by atoms with Crippen molar-refractivity contribution >= 4 is 21.7 Å². The molecule has 0 fully saturated rings. The van der Waals surface area contributed by atoms with Crippen molar-refractivity contribution < 1.29 is 13.6 Å². The van der Waals surface area contributed by atoms with Gasteiger partial charge in [-0.2, -0.15) is 0 Å². The van der Waals surface area contributed by atoms with Gasteiger partial charge in [0.15, 0.2) is 11.6 Å². The fourth-order valence-electron chi connectivity index (χ4n) is 1.47. The molecule has 4 heteroatoms. The molecule has 1 rings (SSSR count). The number of carbonyl (C=O) groups excluding carboxylic acids is 1. The SMILES string of the molecule is CC(CC(=O)c1c(F)ccc(Br)c1F)C(C)(C)C. The van der Waals surface area contributed by atoms with Crippen LogP contribution in [0.2, 0.25) is 0 Å². The predicted octanol–water partition coefficient (Wildman–Crippen LogP) is 4.98. The van der Waals surface area contributed by atoms with E-state index >= 15 is 0 Å². The quantitative estimate of drug-likeness (QED) is 0.567. The van der Waals surface area contributed by atoms with E-state index < -0.39 is 23.0 Å². The summed E-state index contributed by atoms with van der Waals surface area (Å²) < 4.78 is 27.4. The van der Waals surface area contributed by atoms with Crippen LogP contribution in [-0.4, -0.2) is 5.78 Å². The molecule has 1 aromatic carbocycles. The molecule has 18 heavy (non-hydrogen) atoms. The Hall–Kier alpha value is -0.770. The van der Waals surface area contributed by atoms with Crippen LogP contribution >= 0.6 is 15.9 Å². The molecule has 1 unspecified atom stereocenters. The molecule has 0 saturated heterocycles. The van der Waals surface area contributed by atoms with E-state index in [4.69, 9.17) is 0 Å². The normalized spacial score (nSPS) is 13.5. The van der Waals surface area contributed by atoms with Gasteiger partial charge in [-0.05, 0) is 39.4 Å². The van der Waals surface area contributed by atoms with Gasteiger partial charge in [0, 0.05) is 6.42 Å². The maximum absolute atomic E-state index is 13.8. The molecule has 0 amide bonds. The third-order valence-corrected chi connectivity index (χ3v) is 3.91. The summed E-state index contributed by atoms with van der Waals surface area (Å²) in [6.07, 6.45) is 0.133. The van der Waals surface area contributed by atoms with Gasteiger partial charge >= 0.3 is 0 Å². The molecular formula is C14H17BrF2O. The number of ketones is 1. The highest BCUT2D eigenvalue weighted by atomic mass is 79.9. The Balaban J connectivity index is 3.02. The van der Waals surface area contributed by atoms with E-state index in [9.17, 15) is 13.6 Å². The van der Waals surface area contributed by atoms with Crippen LogP contribution in [0.5, 0.6) is 0 Å². The van der Waals surface area contributed by atoms with E-state index in [1.165, 1.54) is 6.07 Å². The summed E-state index contributed by atoms with van der Waals surface area (Å²) in [6, 6.07) is 2.36. The summed E-state index contributed by atoms with van der Waals surface area (Å²) in [7, 11) is 0. The Morgan fingerprint density at radius 2 is 1.89 bits per heavy atom. The first-order valence-electron chi connectivity index (χ1n) is 5.81. The molecule has 0 aromatic heterocycles. The molecule has 1 aromatic rings. The number of Topliss-reactive ketones (excluding diaryl/α,β-unsaturated/α-hetero) is 1. The highest BCUT2D eigenvalue weighted by Crippen LogP contribution is 2.31. The van der Waals surface area contributed by atoms with Crippen molar-refractivity contribution in [3.05, 3.63) is 33.8 Å². The average molecular weight is 319 g/mol. The molecule has 0 spiro atoms. The van der Waals surface area contributed by atoms with Gasteiger partial charge in [-0.1, -0.05) is 27.7 Å². The lowest BCUT2D eigenvalue weighted by Gasteiger charge is -2.26. The zero-order chi connectivity index (χ0) is 14.1. The van der Waals surface area contributed by atoms with Crippen molar-refractivity contribution in [3.8, 4) is 0 Å². The zero-order valence-corrected chi connectivity index (χ0v) is 12.6. The first-order valence-corrected chi connectivity index (χ1v) is 6.60. The van der Waals surface area contributed by atoms with Crippen molar-refractivity contribution in [3.63, 3.8) is 0 Å². The summed E-state index contributed by atoms with van der Waals surface area (Å²) in [6.45, 7) is 7.90. The number of halogens is 3. The lowest BCUT2D eigenvalue weighted by molar-refractivity contribution is 0.0918. The van der Waals surface area contributed by atoms with Crippen molar-refractivity contribution in [2.24, 2.45) is 11.3 Å². The van der Waals surface area contributed by atoms with Crippen LogP contribution in [0.25, 0.3) is 0 Å². The minimum atomic E-state index is -0.818. The van der Waals surface area contributed by atoms with Gasteiger partial charge in [-0.3, -0.25) is 4.79 Å². The van der Waals surface area contributed by atoms with Gasteiger partial charge < -0.3 is 0 Å². The van der Waals surface area contributed by atoms with Crippen LogP contribution in [0.3, 0.4) is 0 Å². The summed E-state index contributed by atoms with van der Waals surface area (Å²) in [5.41, 5.74) is -0.519. The Kier molecular flexibility index (Phi) is 4.65. The summed E-state index contributed by atoms with van der Waals surface area (Å²) in [5.74, 6) is -2.07. The van der Waals surface area contributed by atoms with Crippen LogP contribution in [0.1, 0.15) is 44.5 Å². The topological polar surface area (TPSA) is 17.1 Å². The van der Waals surface area contributed by atoms with Crippen LogP contribution in [0.4, 0.5) is 8.78 Å². The largest absolute Gasteiger partial charge is 0.294 e. The maximum atomic E-state index is 13.8. The van der Waals surface area contributed by atoms with E-state index in [1.54, 1.807) is 0 Å². The molecule has 1 nitrogen and oxygen atoms in total. The Morgan fingerprint density at radius 3 is 2.39 bits per heavy atom. The zero-order valence-electron chi connectivity index (χ0n) is 11.0. The van der Waals surface area contributed by atoms with Gasteiger partial charge in [-0.25, -0.2) is 8.78 Å². The second-order valence-electron chi connectivity index (χ2n) is 5.61. The summed E-state index contributed by atoms with van der Waals surface area (Å²) in [4.78, 5) is 12.0. The Labute approximate surface area is 115 Å². The van der Waals surface area contributed by atoms with E-state index in [-0.39, 0.29) is 22.2 Å². The first kappa shape index (κ1) is 15.3. The van der Waals surface area contributed by atoms with Crippen LogP contribution < -0.4 is 0 Å². The van der Waals surface area contributed by atoms with Gasteiger partial charge in [0.25, 0.3) is 0 Å². The third kappa shape index (κ3) is 3.37. The van der Waals surface area contributed by atoms with E-state index in [2.05, 4.69) is 15.9 Å². The predicted molar refractivity (Wildman–Crippen MR) is 71.6 cm³/mol.